The average molecular weight is 544 g/mol. The number of likely N-dealkylation sites (tertiary alicyclic amines) is 1. The van der Waals surface area contributed by atoms with Gasteiger partial charge in [-0.1, -0.05) is 0 Å². The van der Waals surface area contributed by atoms with E-state index in [9.17, 15) is 14.7 Å². The van der Waals surface area contributed by atoms with E-state index in [1.54, 1.807) is 19.2 Å². The van der Waals surface area contributed by atoms with Crippen molar-refractivity contribution in [2.45, 2.75) is 19.3 Å². The first-order chi connectivity index (χ1) is 19.6. The molecule has 1 saturated heterocycles. The summed E-state index contributed by atoms with van der Waals surface area (Å²) in [6.45, 7) is 4.15. The molecular weight excluding hydrogens is 510 g/mol. The maximum atomic E-state index is 12.6. The molecule has 0 amide bonds. The molecule has 40 heavy (non-hydrogen) atoms. The number of fused-ring (bicyclic) bond motifs is 1. The monoisotopic (exact) mass is 543 g/mol. The molecule has 2 aromatic carbocycles. The largest absolute Gasteiger partial charge is 0.493 e. The summed E-state index contributed by atoms with van der Waals surface area (Å²) in [5.41, 5.74) is 2.79. The first kappa shape index (κ1) is 27.3. The van der Waals surface area contributed by atoms with Crippen molar-refractivity contribution in [1.82, 2.24) is 14.9 Å². The summed E-state index contributed by atoms with van der Waals surface area (Å²) in [6, 6.07) is 9.11. The highest BCUT2D eigenvalue weighted by atomic mass is 16.5. The van der Waals surface area contributed by atoms with Crippen LogP contribution in [0.4, 0.5) is 17.2 Å². The minimum Gasteiger partial charge on any atom is -0.493 e. The van der Waals surface area contributed by atoms with Gasteiger partial charge < -0.3 is 30.1 Å². The number of methoxy groups -OCH3 is 1. The predicted molar refractivity (Wildman–Crippen MR) is 154 cm³/mol. The number of aliphatic hydroxyl groups excluding tert-OH is 1. The third-order valence-electron chi connectivity index (χ3n) is 6.95. The van der Waals surface area contributed by atoms with Gasteiger partial charge in [-0.25, -0.2) is 9.97 Å². The third-order valence-corrected chi connectivity index (χ3v) is 6.95. The number of nitrogens with zero attached hydrogens (tertiary/aromatic N) is 3. The van der Waals surface area contributed by atoms with Gasteiger partial charge in [0.2, 0.25) is 0 Å². The van der Waals surface area contributed by atoms with Gasteiger partial charge in [-0.05, 0) is 74.8 Å². The molecule has 5 rings (SSSR count). The van der Waals surface area contributed by atoms with Gasteiger partial charge in [-0.2, -0.15) is 0 Å². The van der Waals surface area contributed by atoms with Crippen LogP contribution in [0.3, 0.4) is 0 Å². The number of nitrogens with one attached hydrogen (secondary N) is 2. The predicted octanol–water partition coefficient (Wildman–Crippen LogP) is 3.74. The lowest BCUT2D eigenvalue weighted by atomic mass is 9.94. The van der Waals surface area contributed by atoms with Crippen molar-refractivity contribution in [3.05, 3.63) is 60.5 Å². The van der Waals surface area contributed by atoms with E-state index < -0.39 is 0 Å². The molecule has 208 valence electrons. The molecule has 1 aliphatic carbocycles. The van der Waals surface area contributed by atoms with Crippen molar-refractivity contribution >= 4 is 45.2 Å². The van der Waals surface area contributed by atoms with E-state index in [2.05, 4.69) is 25.5 Å². The Labute approximate surface area is 232 Å². The van der Waals surface area contributed by atoms with Crippen LogP contribution in [0.25, 0.3) is 16.5 Å². The van der Waals surface area contributed by atoms with E-state index in [1.807, 2.05) is 18.2 Å². The van der Waals surface area contributed by atoms with Gasteiger partial charge in [0, 0.05) is 47.1 Å². The van der Waals surface area contributed by atoms with Crippen LogP contribution in [0.15, 0.2) is 54.9 Å². The first-order valence-electron chi connectivity index (χ1n) is 13.5. The summed E-state index contributed by atoms with van der Waals surface area (Å²) in [5, 5.41) is 16.4. The van der Waals surface area contributed by atoms with Crippen LogP contribution in [0, 0.1) is 0 Å². The van der Waals surface area contributed by atoms with E-state index in [4.69, 9.17) is 9.47 Å². The van der Waals surface area contributed by atoms with Crippen LogP contribution < -0.4 is 20.1 Å². The first-order valence-corrected chi connectivity index (χ1v) is 13.5. The smallest absolute Gasteiger partial charge is 0.186 e. The lowest BCUT2D eigenvalue weighted by molar-refractivity contribution is -0.113. The second-order valence-corrected chi connectivity index (χ2v) is 9.69. The summed E-state index contributed by atoms with van der Waals surface area (Å²) in [6.07, 6.45) is 8.80. The molecule has 2 heterocycles. The number of hydrogen-bond acceptors (Lipinski definition) is 10. The number of rotatable bonds is 12. The fourth-order valence-electron chi connectivity index (χ4n) is 4.96. The molecule has 1 aromatic heterocycles. The van der Waals surface area contributed by atoms with Crippen LogP contribution in [0.2, 0.25) is 0 Å². The molecule has 3 aromatic rings. The van der Waals surface area contributed by atoms with Crippen LogP contribution in [0.5, 0.6) is 11.5 Å². The molecule has 0 unspecified atom stereocenters. The molecule has 0 bridgehead atoms. The maximum Gasteiger partial charge on any atom is 0.186 e. The summed E-state index contributed by atoms with van der Waals surface area (Å²) < 4.78 is 11.7. The van der Waals surface area contributed by atoms with E-state index in [-0.39, 0.29) is 23.7 Å². The van der Waals surface area contributed by atoms with Crippen LogP contribution >= 0.6 is 0 Å². The summed E-state index contributed by atoms with van der Waals surface area (Å²) in [5.74, 6) is 1.23. The van der Waals surface area contributed by atoms with E-state index >= 15 is 0 Å². The van der Waals surface area contributed by atoms with Gasteiger partial charge in [-0.3, -0.25) is 9.59 Å². The fraction of sp³-hybridized carbons (Fsp3) is 0.333. The lowest BCUT2D eigenvalue weighted by Gasteiger charge is -2.17. The molecule has 10 heteroatoms. The molecule has 0 radical (unpaired) electrons. The highest BCUT2D eigenvalue weighted by Gasteiger charge is 2.20. The number of aliphatic hydroxyl groups is 1. The summed E-state index contributed by atoms with van der Waals surface area (Å²) >= 11 is 0. The second-order valence-electron chi connectivity index (χ2n) is 9.69. The molecule has 0 spiro atoms. The highest BCUT2D eigenvalue weighted by Crippen LogP contribution is 2.36. The number of carbonyl (C=O) groups is 2. The van der Waals surface area contributed by atoms with Crippen molar-refractivity contribution < 1.29 is 24.2 Å². The van der Waals surface area contributed by atoms with Crippen LogP contribution in [-0.2, 0) is 9.59 Å². The number of aromatic nitrogens is 2. The Morgan fingerprint density at radius 3 is 2.70 bits per heavy atom. The molecular formula is C30H33N5O5. The van der Waals surface area contributed by atoms with Gasteiger partial charge in [-0.15, -0.1) is 0 Å². The van der Waals surface area contributed by atoms with Crippen LogP contribution in [-0.4, -0.2) is 78.0 Å². The number of benzene rings is 2. The quantitative estimate of drug-likeness (QED) is 0.230. The molecule has 1 fully saturated rings. The van der Waals surface area contributed by atoms with Gasteiger partial charge in [0.15, 0.2) is 23.1 Å². The number of allylic oxidation sites excluding steroid dienone is 4. The Morgan fingerprint density at radius 2 is 1.90 bits per heavy atom. The van der Waals surface area contributed by atoms with Crippen molar-refractivity contribution in [2.75, 3.05) is 57.1 Å². The molecule has 3 N–H and O–H groups in total. The number of carbonyl (C=O) groups excluding carboxylic acids is 2. The SMILES string of the molecule is COc1cc2c(Nc3ccc(NCCO)c(C4=CC(=O)C=CC4=O)c3)ncnc2cc1OCCCN1CCCC1. The Hall–Kier alpha value is -4.28. The van der Waals surface area contributed by atoms with Crippen molar-refractivity contribution in [3.63, 3.8) is 0 Å². The number of hydrogen-bond donors (Lipinski definition) is 3. The zero-order valence-corrected chi connectivity index (χ0v) is 22.5. The number of ketones is 2. The minimum absolute atomic E-state index is 0.0792. The Morgan fingerprint density at radius 1 is 1.05 bits per heavy atom. The van der Waals surface area contributed by atoms with Gasteiger partial charge in [0.1, 0.15) is 12.1 Å². The standard InChI is InChI=1S/C30H33N5O5/c1-39-28-17-24-26(18-29(28)40-14-4-12-35-10-2-3-11-35)32-19-33-30(24)34-20-5-7-25(31-9-13-36)22(15-20)23-16-21(37)6-8-27(23)38/h5-8,15-19,31,36H,2-4,9-14H2,1H3,(H,32,33,34). The van der Waals surface area contributed by atoms with Crippen LogP contribution in [0.1, 0.15) is 24.8 Å². The molecule has 1 aliphatic heterocycles. The Bertz CT molecular complexity index is 1460. The molecule has 0 atom stereocenters. The zero-order chi connectivity index (χ0) is 27.9. The normalized spacial score (nSPS) is 15.4. The summed E-state index contributed by atoms with van der Waals surface area (Å²) in [7, 11) is 1.60. The lowest BCUT2D eigenvalue weighted by Crippen LogP contribution is -2.21. The highest BCUT2D eigenvalue weighted by molar-refractivity contribution is 6.34. The van der Waals surface area contributed by atoms with E-state index in [0.717, 1.165) is 18.4 Å². The van der Waals surface area contributed by atoms with Crippen molar-refractivity contribution in [1.29, 1.82) is 0 Å². The number of anilines is 3. The van der Waals surface area contributed by atoms with E-state index in [0.29, 0.717) is 52.9 Å². The molecule has 2 aliphatic rings. The molecule has 0 saturated carbocycles. The van der Waals surface area contributed by atoms with Gasteiger partial charge >= 0.3 is 0 Å². The minimum atomic E-state index is -0.269. The average Bonchev–Trinajstić information content (AvgIpc) is 3.49. The Balaban J connectivity index is 1.39. The fourth-order valence-corrected chi connectivity index (χ4v) is 4.96. The number of ether oxygens (including phenoxy) is 2. The van der Waals surface area contributed by atoms with E-state index in [1.165, 1.54) is 50.5 Å². The van der Waals surface area contributed by atoms with Gasteiger partial charge in [0.25, 0.3) is 0 Å². The molecule has 10 nitrogen and oxygen atoms in total. The van der Waals surface area contributed by atoms with Crippen molar-refractivity contribution in [3.8, 4) is 11.5 Å². The second kappa shape index (κ2) is 12.7. The third kappa shape index (κ3) is 6.30. The topological polar surface area (TPSA) is 126 Å². The van der Waals surface area contributed by atoms with Gasteiger partial charge in [0.05, 0.1) is 25.8 Å². The Kier molecular flexibility index (Phi) is 8.68. The van der Waals surface area contributed by atoms with Crippen molar-refractivity contribution in [2.24, 2.45) is 0 Å². The maximum absolute atomic E-state index is 12.6. The zero-order valence-electron chi connectivity index (χ0n) is 22.5. The summed E-state index contributed by atoms with van der Waals surface area (Å²) in [4.78, 5) is 36.0.